The monoisotopic (exact) mass is 367 g/mol. The van der Waals surface area contributed by atoms with Crippen LogP contribution in [0.5, 0.6) is 0 Å². The van der Waals surface area contributed by atoms with Crippen molar-refractivity contribution in [2.24, 2.45) is 5.92 Å². The van der Waals surface area contributed by atoms with Gasteiger partial charge in [0.1, 0.15) is 11.6 Å². The average Bonchev–Trinajstić information content (AvgIpc) is 3.16. The molecular weight excluding hydrogens is 347 g/mol. The van der Waals surface area contributed by atoms with E-state index < -0.39 is 11.7 Å². The lowest BCUT2D eigenvalue weighted by molar-refractivity contribution is -0.137. The van der Waals surface area contributed by atoms with Crippen molar-refractivity contribution in [2.75, 3.05) is 18.0 Å². The topological polar surface area (TPSA) is 58.4 Å². The van der Waals surface area contributed by atoms with E-state index in [4.69, 9.17) is 4.42 Å². The zero-order valence-electron chi connectivity index (χ0n) is 14.3. The number of nitrogens with one attached hydrogen (secondary N) is 1. The third-order valence-electron chi connectivity index (χ3n) is 4.59. The lowest BCUT2D eigenvalue weighted by Gasteiger charge is -2.32. The van der Waals surface area contributed by atoms with Gasteiger partial charge in [-0.2, -0.15) is 13.2 Å². The first-order valence-electron chi connectivity index (χ1n) is 8.46. The summed E-state index contributed by atoms with van der Waals surface area (Å²) in [5.74, 6) is 1.04. The minimum Gasteiger partial charge on any atom is -0.467 e. The molecule has 1 aliphatic heterocycles. The van der Waals surface area contributed by atoms with Gasteiger partial charge in [0.15, 0.2) is 0 Å². The predicted molar refractivity (Wildman–Crippen MR) is 89.4 cm³/mol. The fourth-order valence-electron chi connectivity index (χ4n) is 3.05. The van der Waals surface area contributed by atoms with Crippen LogP contribution in [0.2, 0.25) is 0 Å². The quantitative estimate of drug-likeness (QED) is 0.893. The van der Waals surface area contributed by atoms with Crippen LogP contribution < -0.4 is 10.2 Å². The predicted octanol–water partition coefficient (Wildman–Crippen LogP) is 3.79. The molecule has 1 atom stereocenters. The third kappa shape index (κ3) is 4.17. The van der Waals surface area contributed by atoms with E-state index >= 15 is 0 Å². The fourth-order valence-corrected chi connectivity index (χ4v) is 3.05. The second-order valence-electron chi connectivity index (χ2n) is 6.41. The molecule has 2 aromatic heterocycles. The molecule has 0 unspecified atom stereocenters. The molecule has 140 valence electrons. The molecule has 8 heteroatoms. The molecule has 1 fully saturated rings. The molecule has 3 heterocycles. The number of halogens is 3. The van der Waals surface area contributed by atoms with Crippen LogP contribution in [-0.2, 0) is 11.0 Å². The van der Waals surface area contributed by atoms with E-state index in [1.54, 1.807) is 12.3 Å². The number of furan rings is 1. The largest absolute Gasteiger partial charge is 0.467 e. The summed E-state index contributed by atoms with van der Waals surface area (Å²) in [6.45, 7) is 3.01. The molecule has 5 nitrogen and oxygen atoms in total. The van der Waals surface area contributed by atoms with Crippen LogP contribution in [-0.4, -0.2) is 24.0 Å². The molecule has 0 spiro atoms. The number of rotatable bonds is 4. The van der Waals surface area contributed by atoms with Gasteiger partial charge in [-0.15, -0.1) is 0 Å². The van der Waals surface area contributed by atoms with Crippen LogP contribution in [0.15, 0.2) is 41.1 Å². The highest BCUT2D eigenvalue weighted by Gasteiger charge is 2.31. The van der Waals surface area contributed by atoms with Gasteiger partial charge in [0.25, 0.3) is 0 Å². The maximum Gasteiger partial charge on any atom is 0.417 e. The number of amides is 1. The van der Waals surface area contributed by atoms with Gasteiger partial charge in [-0.3, -0.25) is 4.79 Å². The molecule has 1 aliphatic rings. The first-order chi connectivity index (χ1) is 12.3. The van der Waals surface area contributed by atoms with E-state index in [0.29, 0.717) is 37.5 Å². The van der Waals surface area contributed by atoms with E-state index in [1.165, 1.54) is 6.07 Å². The van der Waals surface area contributed by atoms with Gasteiger partial charge in [-0.1, -0.05) is 0 Å². The second-order valence-corrected chi connectivity index (χ2v) is 6.41. The van der Waals surface area contributed by atoms with Gasteiger partial charge < -0.3 is 14.6 Å². The number of anilines is 1. The van der Waals surface area contributed by atoms with Crippen molar-refractivity contribution in [3.05, 3.63) is 48.0 Å². The smallest absolute Gasteiger partial charge is 0.417 e. The van der Waals surface area contributed by atoms with E-state index in [1.807, 2.05) is 17.9 Å². The standard InChI is InChI=1S/C18H20F3N3O2/c1-12(15-3-2-10-26-15)23-17(25)13-6-8-24(9-7-13)16-5-4-14(11-22-16)18(19,20)21/h2-5,10-13H,6-9H2,1H3,(H,23,25)/t12-/m1/s1. The number of pyridine rings is 1. The van der Waals surface area contributed by atoms with Crippen molar-refractivity contribution in [1.82, 2.24) is 10.3 Å². The van der Waals surface area contributed by atoms with Gasteiger partial charge in [0, 0.05) is 25.2 Å². The number of carbonyl (C=O) groups excluding carboxylic acids is 1. The van der Waals surface area contributed by atoms with Crippen LogP contribution >= 0.6 is 0 Å². The van der Waals surface area contributed by atoms with Gasteiger partial charge in [-0.05, 0) is 44.0 Å². The van der Waals surface area contributed by atoms with Gasteiger partial charge in [0.2, 0.25) is 5.91 Å². The summed E-state index contributed by atoms with van der Waals surface area (Å²) in [5.41, 5.74) is -0.762. The minimum absolute atomic E-state index is 0.0334. The zero-order chi connectivity index (χ0) is 18.7. The van der Waals surface area contributed by atoms with Crippen molar-refractivity contribution in [3.8, 4) is 0 Å². The highest BCUT2D eigenvalue weighted by Crippen LogP contribution is 2.30. The van der Waals surface area contributed by atoms with Crippen molar-refractivity contribution in [2.45, 2.75) is 32.0 Å². The Hall–Kier alpha value is -2.51. The van der Waals surface area contributed by atoms with Gasteiger partial charge in [-0.25, -0.2) is 4.98 Å². The van der Waals surface area contributed by atoms with Gasteiger partial charge >= 0.3 is 6.18 Å². The van der Waals surface area contributed by atoms with Crippen molar-refractivity contribution < 1.29 is 22.4 Å². The summed E-state index contributed by atoms with van der Waals surface area (Å²) >= 11 is 0. The summed E-state index contributed by atoms with van der Waals surface area (Å²) in [7, 11) is 0. The van der Waals surface area contributed by atoms with Crippen LogP contribution in [0.25, 0.3) is 0 Å². The molecule has 0 aliphatic carbocycles. The minimum atomic E-state index is -4.39. The lowest BCUT2D eigenvalue weighted by Crippen LogP contribution is -2.41. The first-order valence-corrected chi connectivity index (χ1v) is 8.46. The zero-order valence-corrected chi connectivity index (χ0v) is 14.3. The molecule has 0 aromatic carbocycles. The molecule has 3 rings (SSSR count). The number of hydrogen-bond acceptors (Lipinski definition) is 4. The van der Waals surface area contributed by atoms with Crippen LogP contribution in [0.1, 0.15) is 37.1 Å². The number of piperidine rings is 1. The van der Waals surface area contributed by atoms with Crippen LogP contribution in [0, 0.1) is 5.92 Å². The summed E-state index contributed by atoms with van der Waals surface area (Å²) in [5, 5.41) is 2.94. The molecule has 0 radical (unpaired) electrons. The summed E-state index contributed by atoms with van der Waals surface area (Å²) in [6, 6.07) is 5.79. The molecular formula is C18H20F3N3O2. The van der Waals surface area contributed by atoms with E-state index in [2.05, 4.69) is 10.3 Å². The molecule has 0 bridgehead atoms. The molecule has 0 saturated carbocycles. The Bertz CT molecular complexity index is 721. The fraction of sp³-hybridized carbons (Fsp3) is 0.444. The highest BCUT2D eigenvalue weighted by atomic mass is 19.4. The molecule has 1 amide bonds. The Morgan fingerprint density at radius 3 is 2.58 bits per heavy atom. The summed E-state index contributed by atoms with van der Waals surface area (Å²) in [4.78, 5) is 18.2. The third-order valence-corrected chi connectivity index (χ3v) is 4.59. The number of nitrogens with zero attached hydrogens (tertiary/aromatic N) is 2. The maximum atomic E-state index is 12.6. The molecule has 2 aromatic rings. The van der Waals surface area contributed by atoms with E-state index in [9.17, 15) is 18.0 Å². The number of alkyl halides is 3. The second kappa shape index (κ2) is 7.39. The normalized spacial score (nSPS) is 17.2. The Morgan fingerprint density at radius 1 is 1.31 bits per heavy atom. The van der Waals surface area contributed by atoms with E-state index in [0.717, 1.165) is 12.3 Å². The van der Waals surface area contributed by atoms with Crippen LogP contribution in [0.4, 0.5) is 19.0 Å². The van der Waals surface area contributed by atoms with Crippen molar-refractivity contribution >= 4 is 11.7 Å². The summed E-state index contributed by atoms with van der Waals surface area (Å²) in [6.07, 6.45) is -0.729. The van der Waals surface area contributed by atoms with Gasteiger partial charge in [0.05, 0.1) is 17.9 Å². The maximum absolute atomic E-state index is 12.6. The Kier molecular flexibility index (Phi) is 5.20. The van der Waals surface area contributed by atoms with Crippen molar-refractivity contribution in [1.29, 1.82) is 0 Å². The molecule has 1 saturated heterocycles. The lowest BCUT2D eigenvalue weighted by atomic mass is 9.95. The van der Waals surface area contributed by atoms with Crippen molar-refractivity contribution in [3.63, 3.8) is 0 Å². The Morgan fingerprint density at radius 2 is 2.04 bits per heavy atom. The molecule has 26 heavy (non-hydrogen) atoms. The number of carbonyl (C=O) groups is 1. The first kappa shape index (κ1) is 18.3. The Labute approximate surface area is 149 Å². The average molecular weight is 367 g/mol. The van der Waals surface area contributed by atoms with Crippen LogP contribution in [0.3, 0.4) is 0 Å². The molecule has 1 N–H and O–H groups in total. The summed E-state index contributed by atoms with van der Waals surface area (Å²) < 4.78 is 43.1. The number of aromatic nitrogens is 1. The number of hydrogen-bond donors (Lipinski definition) is 1. The SMILES string of the molecule is C[C@@H](NC(=O)C1CCN(c2ccc(C(F)(F)F)cn2)CC1)c1ccco1. The van der Waals surface area contributed by atoms with E-state index in [-0.39, 0.29) is 17.9 Å². The highest BCUT2D eigenvalue weighted by molar-refractivity contribution is 5.79. The Balaban J connectivity index is 1.53.